The summed E-state index contributed by atoms with van der Waals surface area (Å²) < 4.78 is 11.1. The van der Waals surface area contributed by atoms with Gasteiger partial charge in [0.2, 0.25) is 0 Å². The molecule has 7 nitrogen and oxygen atoms in total. The van der Waals surface area contributed by atoms with Gasteiger partial charge in [-0.25, -0.2) is 9.59 Å². The van der Waals surface area contributed by atoms with Gasteiger partial charge in [0.25, 0.3) is 0 Å². The third kappa shape index (κ3) is 3.20. The van der Waals surface area contributed by atoms with E-state index in [-0.39, 0.29) is 31.1 Å². The standard InChI is InChI=1S/C18H27NO6/c1-4-11-7-10(2)18(3,23)17(22)24-9-12-13(20)8-19-6-5-14(15(12)19)25-16(11)21/h4,10,12-15,20,23H,5-9H2,1-3H3/b11-4+/t10-,12+,13-,14-,15-,18-/m1/s1. The Balaban J connectivity index is 1.91. The summed E-state index contributed by atoms with van der Waals surface area (Å²) in [6, 6.07) is -0.161. The Bertz CT molecular complexity index is 586. The number of hydrogen-bond donors (Lipinski definition) is 2. The molecule has 140 valence electrons. The first-order valence-corrected chi connectivity index (χ1v) is 8.93. The molecular weight excluding hydrogens is 326 g/mol. The van der Waals surface area contributed by atoms with Crippen molar-refractivity contribution in [1.82, 2.24) is 4.90 Å². The number of nitrogens with zero attached hydrogens (tertiary/aromatic N) is 1. The predicted molar refractivity (Wildman–Crippen MR) is 88.5 cm³/mol. The smallest absolute Gasteiger partial charge is 0.338 e. The Morgan fingerprint density at radius 3 is 2.76 bits per heavy atom. The van der Waals surface area contributed by atoms with Crippen molar-refractivity contribution in [2.75, 3.05) is 19.7 Å². The summed E-state index contributed by atoms with van der Waals surface area (Å²) in [4.78, 5) is 27.1. The van der Waals surface area contributed by atoms with Crippen LogP contribution in [-0.4, -0.2) is 70.6 Å². The van der Waals surface area contributed by atoms with Crippen LogP contribution < -0.4 is 0 Å². The van der Waals surface area contributed by atoms with Crippen LogP contribution in [0.1, 0.15) is 33.6 Å². The highest BCUT2D eigenvalue weighted by Gasteiger charge is 2.51. The second kappa shape index (κ2) is 6.70. The van der Waals surface area contributed by atoms with E-state index >= 15 is 0 Å². The molecule has 0 aromatic rings. The number of allylic oxidation sites excluding steroid dienone is 1. The van der Waals surface area contributed by atoms with E-state index in [1.807, 2.05) is 0 Å². The summed E-state index contributed by atoms with van der Waals surface area (Å²) in [6.07, 6.45) is 1.63. The van der Waals surface area contributed by atoms with Crippen molar-refractivity contribution in [3.05, 3.63) is 11.6 Å². The minimum Gasteiger partial charge on any atom is -0.463 e. The zero-order valence-electron chi connectivity index (χ0n) is 15.0. The number of carbonyl (C=O) groups is 2. The van der Waals surface area contributed by atoms with Crippen molar-refractivity contribution < 1.29 is 29.3 Å². The van der Waals surface area contributed by atoms with Gasteiger partial charge in [0.1, 0.15) is 6.10 Å². The summed E-state index contributed by atoms with van der Waals surface area (Å²) in [5, 5.41) is 20.9. The molecule has 0 aromatic carbocycles. The molecule has 0 spiro atoms. The first-order chi connectivity index (χ1) is 11.8. The molecule has 0 aromatic heterocycles. The molecule has 0 radical (unpaired) electrons. The van der Waals surface area contributed by atoms with Crippen molar-refractivity contribution in [2.24, 2.45) is 11.8 Å². The van der Waals surface area contributed by atoms with Crippen LogP contribution in [0, 0.1) is 11.8 Å². The number of aliphatic hydroxyl groups is 2. The summed E-state index contributed by atoms with van der Waals surface area (Å²) in [5.74, 6) is -1.97. The number of hydrogen-bond acceptors (Lipinski definition) is 7. The van der Waals surface area contributed by atoms with Crippen molar-refractivity contribution in [1.29, 1.82) is 0 Å². The molecule has 3 aliphatic rings. The highest BCUT2D eigenvalue weighted by atomic mass is 16.6. The second-order valence-electron chi connectivity index (χ2n) is 7.61. The monoisotopic (exact) mass is 353 g/mol. The van der Waals surface area contributed by atoms with E-state index in [2.05, 4.69) is 4.90 Å². The maximum Gasteiger partial charge on any atom is 0.338 e. The molecule has 0 unspecified atom stereocenters. The molecule has 3 aliphatic heterocycles. The lowest BCUT2D eigenvalue weighted by atomic mass is 9.85. The van der Waals surface area contributed by atoms with E-state index in [0.29, 0.717) is 18.5 Å². The van der Waals surface area contributed by atoms with Gasteiger partial charge in [-0.05, 0) is 32.6 Å². The lowest BCUT2D eigenvalue weighted by Gasteiger charge is -2.32. The normalized spacial score (nSPS) is 44.7. The number of aliphatic hydroxyl groups excluding tert-OH is 1. The molecule has 0 saturated carbocycles. The van der Waals surface area contributed by atoms with Crippen molar-refractivity contribution >= 4 is 11.9 Å². The van der Waals surface area contributed by atoms with Gasteiger partial charge in [-0.3, -0.25) is 4.90 Å². The highest BCUT2D eigenvalue weighted by Crippen LogP contribution is 2.37. The van der Waals surface area contributed by atoms with E-state index in [9.17, 15) is 19.8 Å². The molecule has 3 saturated heterocycles. The molecule has 25 heavy (non-hydrogen) atoms. The minimum atomic E-state index is -1.72. The van der Waals surface area contributed by atoms with Crippen LogP contribution in [0.2, 0.25) is 0 Å². The van der Waals surface area contributed by atoms with E-state index in [4.69, 9.17) is 9.47 Å². The SMILES string of the molecule is C/C=C1\C[C@@H](C)[C@@](C)(O)C(=O)OC[C@@H]2[C@@H]3[C@@H](CCN3C[C@H]2O)OC1=O. The van der Waals surface area contributed by atoms with Crippen LogP contribution in [0.5, 0.6) is 0 Å². The molecule has 3 fully saturated rings. The lowest BCUT2D eigenvalue weighted by molar-refractivity contribution is -0.173. The van der Waals surface area contributed by atoms with Crippen LogP contribution in [0.4, 0.5) is 0 Å². The van der Waals surface area contributed by atoms with E-state index in [1.165, 1.54) is 6.92 Å². The molecule has 2 N–H and O–H groups in total. The molecule has 3 heterocycles. The zero-order chi connectivity index (χ0) is 18.4. The number of ether oxygens (including phenoxy) is 2. The van der Waals surface area contributed by atoms with Gasteiger partial charge in [-0.1, -0.05) is 13.0 Å². The Kier molecular flexibility index (Phi) is 4.92. The Morgan fingerprint density at radius 2 is 2.08 bits per heavy atom. The fraction of sp³-hybridized carbons (Fsp3) is 0.778. The molecule has 0 aliphatic carbocycles. The van der Waals surface area contributed by atoms with Crippen LogP contribution in [0.25, 0.3) is 0 Å². The number of carbonyl (C=O) groups excluding carboxylic acids is 2. The van der Waals surface area contributed by atoms with Crippen LogP contribution in [0.15, 0.2) is 11.6 Å². The summed E-state index contributed by atoms with van der Waals surface area (Å²) >= 11 is 0. The molecule has 0 amide bonds. The molecule has 7 heteroatoms. The van der Waals surface area contributed by atoms with Crippen LogP contribution in [0.3, 0.4) is 0 Å². The lowest BCUT2D eigenvalue weighted by Crippen LogP contribution is -2.47. The summed E-state index contributed by atoms with van der Waals surface area (Å²) in [6.45, 7) is 6.07. The number of esters is 2. The first kappa shape index (κ1) is 18.4. The number of rotatable bonds is 0. The number of cyclic esters (lactones) is 1. The van der Waals surface area contributed by atoms with Gasteiger partial charge in [0, 0.05) is 24.6 Å². The summed E-state index contributed by atoms with van der Waals surface area (Å²) in [5.41, 5.74) is -1.28. The first-order valence-electron chi connectivity index (χ1n) is 8.93. The van der Waals surface area contributed by atoms with Crippen LogP contribution in [-0.2, 0) is 19.1 Å². The molecule has 0 bridgehead atoms. The van der Waals surface area contributed by atoms with E-state index < -0.39 is 29.6 Å². The van der Waals surface area contributed by atoms with E-state index in [0.717, 1.165) is 6.54 Å². The average molecular weight is 353 g/mol. The van der Waals surface area contributed by atoms with E-state index in [1.54, 1.807) is 19.9 Å². The quantitative estimate of drug-likeness (QED) is 0.476. The van der Waals surface area contributed by atoms with Crippen molar-refractivity contribution in [3.63, 3.8) is 0 Å². The Hall–Kier alpha value is -1.44. The Labute approximate surface area is 147 Å². The molecular formula is C18H27NO6. The zero-order valence-corrected chi connectivity index (χ0v) is 15.0. The van der Waals surface area contributed by atoms with Gasteiger partial charge >= 0.3 is 11.9 Å². The topological polar surface area (TPSA) is 96.3 Å². The fourth-order valence-electron chi connectivity index (χ4n) is 4.13. The van der Waals surface area contributed by atoms with Crippen molar-refractivity contribution in [2.45, 2.75) is 57.5 Å². The third-order valence-corrected chi connectivity index (χ3v) is 6.03. The van der Waals surface area contributed by atoms with Gasteiger partial charge in [0.05, 0.1) is 18.8 Å². The highest BCUT2D eigenvalue weighted by molar-refractivity contribution is 5.89. The second-order valence-corrected chi connectivity index (χ2v) is 7.61. The maximum absolute atomic E-state index is 12.6. The Morgan fingerprint density at radius 1 is 1.36 bits per heavy atom. The predicted octanol–water partition coefficient (Wildman–Crippen LogP) is 0.243. The van der Waals surface area contributed by atoms with Gasteiger partial charge < -0.3 is 19.7 Å². The van der Waals surface area contributed by atoms with Gasteiger partial charge in [0.15, 0.2) is 5.60 Å². The molecule has 3 rings (SSSR count). The third-order valence-electron chi connectivity index (χ3n) is 6.03. The summed E-state index contributed by atoms with van der Waals surface area (Å²) in [7, 11) is 0. The van der Waals surface area contributed by atoms with Crippen molar-refractivity contribution in [3.8, 4) is 0 Å². The fourth-order valence-corrected chi connectivity index (χ4v) is 4.13. The largest absolute Gasteiger partial charge is 0.463 e. The van der Waals surface area contributed by atoms with Crippen LogP contribution >= 0.6 is 0 Å². The maximum atomic E-state index is 12.6. The van der Waals surface area contributed by atoms with Gasteiger partial charge in [-0.15, -0.1) is 0 Å². The minimum absolute atomic E-state index is 0.00849. The van der Waals surface area contributed by atoms with Gasteiger partial charge in [-0.2, -0.15) is 0 Å². The molecule has 6 atom stereocenters. The average Bonchev–Trinajstić information content (AvgIpc) is 3.08.